The Hall–Kier alpha value is -1.10. The fraction of sp³-hybridized carbons (Fsp3) is 0.667. The highest BCUT2D eigenvalue weighted by Crippen LogP contribution is 1.81. The van der Waals surface area contributed by atoms with E-state index in [9.17, 15) is 9.59 Å². The van der Waals surface area contributed by atoms with Crippen LogP contribution < -0.4 is 5.73 Å². The van der Waals surface area contributed by atoms with Crippen molar-refractivity contribution < 1.29 is 19.1 Å². The second-order valence-electron chi connectivity index (χ2n) is 1.67. The molecule has 0 unspecified atom stereocenters. The van der Waals surface area contributed by atoms with Gasteiger partial charge in [-0.25, -0.2) is 4.79 Å². The zero-order valence-electron chi connectivity index (χ0n) is 6.33. The van der Waals surface area contributed by atoms with Gasteiger partial charge < -0.3 is 15.2 Å². The molecule has 0 atom stereocenters. The molecule has 5 nitrogen and oxygen atoms in total. The van der Waals surface area contributed by atoms with Crippen LogP contribution in [0.15, 0.2) is 0 Å². The maximum absolute atomic E-state index is 10.5. The maximum Gasteiger partial charge on any atom is 0.344 e. The van der Waals surface area contributed by atoms with E-state index in [4.69, 9.17) is 5.73 Å². The summed E-state index contributed by atoms with van der Waals surface area (Å²) in [6, 6.07) is 0. The van der Waals surface area contributed by atoms with Crippen molar-refractivity contribution in [1.29, 1.82) is 0 Å². The van der Waals surface area contributed by atoms with Crippen molar-refractivity contribution in [3.63, 3.8) is 0 Å². The van der Waals surface area contributed by atoms with E-state index in [-0.39, 0.29) is 19.8 Å². The molecule has 0 aliphatic carbocycles. The summed E-state index contributed by atoms with van der Waals surface area (Å²) in [5.41, 5.74) is 4.91. The second kappa shape index (κ2) is 5.67. The van der Waals surface area contributed by atoms with E-state index in [1.807, 2.05) is 0 Å². The standard InChI is InChI=1S/C6H11NO4/c1-2-10-6(9)4-11-5(8)3-7/h2-4,7H2,1H3. The number of esters is 2. The van der Waals surface area contributed by atoms with Gasteiger partial charge in [0.25, 0.3) is 0 Å². The van der Waals surface area contributed by atoms with Crippen LogP contribution in [-0.2, 0) is 19.1 Å². The molecule has 0 bridgehead atoms. The summed E-state index contributed by atoms with van der Waals surface area (Å²) in [5.74, 6) is -1.17. The molecule has 0 heterocycles. The van der Waals surface area contributed by atoms with E-state index in [1.165, 1.54) is 0 Å². The fourth-order valence-corrected chi connectivity index (χ4v) is 0.401. The normalized spacial score (nSPS) is 8.91. The Morgan fingerprint density at radius 1 is 1.27 bits per heavy atom. The van der Waals surface area contributed by atoms with Crippen LogP contribution >= 0.6 is 0 Å². The van der Waals surface area contributed by atoms with Gasteiger partial charge in [0.1, 0.15) is 0 Å². The molecule has 0 spiro atoms. The predicted octanol–water partition coefficient (Wildman–Crippen LogP) is -0.949. The minimum atomic E-state index is -0.613. The summed E-state index contributed by atoms with van der Waals surface area (Å²) in [6.07, 6.45) is 0. The van der Waals surface area contributed by atoms with Crippen molar-refractivity contribution in [2.24, 2.45) is 5.73 Å². The van der Waals surface area contributed by atoms with E-state index in [2.05, 4.69) is 9.47 Å². The molecule has 11 heavy (non-hydrogen) atoms. The topological polar surface area (TPSA) is 78.6 Å². The van der Waals surface area contributed by atoms with Gasteiger partial charge in [-0.05, 0) is 6.92 Å². The molecule has 2 N–H and O–H groups in total. The van der Waals surface area contributed by atoms with Crippen LogP contribution in [-0.4, -0.2) is 31.7 Å². The molecule has 0 aliphatic heterocycles. The number of carbonyl (C=O) groups is 2. The monoisotopic (exact) mass is 161 g/mol. The van der Waals surface area contributed by atoms with Crippen LogP contribution in [0.1, 0.15) is 6.92 Å². The Balaban J connectivity index is 3.38. The van der Waals surface area contributed by atoms with E-state index in [0.717, 1.165) is 0 Å². The first-order chi connectivity index (χ1) is 5.20. The molecule has 64 valence electrons. The molecule has 0 aromatic rings. The molecule has 0 aromatic carbocycles. The highest BCUT2D eigenvalue weighted by Gasteiger charge is 2.04. The lowest BCUT2D eigenvalue weighted by atomic mass is 10.6. The molecule has 0 saturated carbocycles. The molecule has 0 radical (unpaired) electrons. The van der Waals surface area contributed by atoms with Crippen LogP contribution in [0.3, 0.4) is 0 Å². The summed E-state index contributed by atoms with van der Waals surface area (Å²) in [6.45, 7) is 1.37. The van der Waals surface area contributed by atoms with E-state index >= 15 is 0 Å². The van der Waals surface area contributed by atoms with Crippen LogP contribution in [0.2, 0.25) is 0 Å². The van der Waals surface area contributed by atoms with Gasteiger partial charge in [-0.2, -0.15) is 0 Å². The predicted molar refractivity (Wildman–Crippen MR) is 36.6 cm³/mol. The van der Waals surface area contributed by atoms with Crippen LogP contribution in [0.4, 0.5) is 0 Å². The first-order valence-corrected chi connectivity index (χ1v) is 3.22. The third-order valence-corrected chi connectivity index (χ3v) is 0.823. The lowest BCUT2D eigenvalue weighted by Gasteiger charge is -2.01. The maximum atomic E-state index is 10.5. The van der Waals surface area contributed by atoms with Gasteiger partial charge in [-0.3, -0.25) is 4.79 Å². The zero-order chi connectivity index (χ0) is 8.69. The van der Waals surface area contributed by atoms with Crippen molar-refractivity contribution in [2.45, 2.75) is 6.92 Å². The molecular weight excluding hydrogens is 150 g/mol. The van der Waals surface area contributed by atoms with E-state index in [0.29, 0.717) is 0 Å². The number of ether oxygens (including phenoxy) is 2. The second-order valence-corrected chi connectivity index (χ2v) is 1.67. The number of rotatable bonds is 4. The minimum absolute atomic E-state index is 0.223. The largest absolute Gasteiger partial charge is 0.463 e. The minimum Gasteiger partial charge on any atom is -0.463 e. The molecule has 5 heteroatoms. The Labute approximate surface area is 64.5 Å². The molecule has 0 rings (SSSR count). The van der Waals surface area contributed by atoms with E-state index < -0.39 is 11.9 Å². The van der Waals surface area contributed by atoms with Gasteiger partial charge in [0.2, 0.25) is 0 Å². The van der Waals surface area contributed by atoms with Crippen molar-refractivity contribution in [1.82, 2.24) is 0 Å². The summed E-state index contributed by atoms with van der Waals surface area (Å²) in [5, 5.41) is 0. The first-order valence-electron chi connectivity index (χ1n) is 3.22. The Morgan fingerprint density at radius 2 is 1.91 bits per heavy atom. The average molecular weight is 161 g/mol. The third kappa shape index (κ3) is 5.35. The van der Waals surface area contributed by atoms with Gasteiger partial charge in [-0.1, -0.05) is 0 Å². The Morgan fingerprint density at radius 3 is 2.36 bits per heavy atom. The molecule has 0 amide bonds. The van der Waals surface area contributed by atoms with Crippen molar-refractivity contribution in [3.05, 3.63) is 0 Å². The summed E-state index contributed by atoms with van der Waals surface area (Å²) in [4.78, 5) is 20.9. The average Bonchev–Trinajstić information content (AvgIpc) is 2.01. The highest BCUT2D eigenvalue weighted by atomic mass is 16.6. The Bertz CT molecular complexity index is 146. The SMILES string of the molecule is CCOC(=O)COC(=O)CN. The highest BCUT2D eigenvalue weighted by molar-refractivity contribution is 5.77. The van der Waals surface area contributed by atoms with Crippen LogP contribution in [0.25, 0.3) is 0 Å². The molecule has 0 saturated heterocycles. The van der Waals surface area contributed by atoms with Crippen LogP contribution in [0, 0.1) is 0 Å². The molecule has 0 aliphatic rings. The number of carbonyl (C=O) groups excluding carboxylic acids is 2. The smallest absolute Gasteiger partial charge is 0.344 e. The number of nitrogens with two attached hydrogens (primary N) is 1. The van der Waals surface area contributed by atoms with Gasteiger partial charge in [-0.15, -0.1) is 0 Å². The van der Waals surface area contributed by atoms with Gasteiger partial charge in [0.05, 0.1) is 13.2 Å². The van der Waals surface area contributed by atoms with Crippen molar-refractivity contribution in [2.75, 3.05) is 19.8 Å². The number of hydrogen-bond donors (Lipinski definition) is 1. The van der Waals surface area contributed by atoms with E-state index in [1.54, 1.807) is 6.92 Å². The van der Waals surface area contributed by atoms with Gasteiger partial charge in [0.15, 0.2) is 6.61 Å². The summed E-state index contributed by atoms with van der Waals surface area (Å²) in [7, 11) is 0. The molecular formula is C6H11NO4. The molecule has 0 fully saturated rings. The third-order valence-electron chi connectivity index (χ3n) is 0.823. The van der Waals surface area contributed by atoms with Gasteiger partial charge in [0, 0.05) is 0 Å². The Kier molecular flexibility index (Phi) is 5.10. The quantitative estimate of drug-likeness (QED) is 0.538. The molecule has 0 aromatic heterocycles. The van der Waals surface area contributed by atoms with Gasteiger partial charge >= 0.3 is 11.9 Å². The van der Waals surface area contributed by atoms with Crippen molar-refractivity contribution >= 4 is 11.9 Å². The lowest BCUT2D eigenvalue weighted by molar-refractivity contribution is -0.157. The zero-order valence-corrected chi connectivity index (χ0v) is 6.33. The summed E-state index contributed by atoms with van der Waals surface area (Å²) >= 11 is 0. The lowest BCUT2D eigenvalue weighted by Crippen LogP contribution is -2.21. The fourth-order valence-electron chi connectivity index (χ4n) is 0.401. The van der Waals surface area contributed by atoms with Crippen molar-refractivity contribution in [3.8, 4) is 0 Å². The first kappa shape index (κ1) is 9.90. The van der Waals surface area contributed by atoms with Crippen LogP contribution in [0.5, 0.6) is 0 Å². The number of hydrogen-bond acceptors (Lipinski definition) is 5. The summed E-state index contributed by atoms with van der Waals surface area (Å²) < 4.78 is 8.85.